The zero-order valence-electron chi connectivity index (χ0n) is 11.4. The summed E-state index contributed by atoms with van der Waals surface area (Å²) >= 11 is 0. The number of aliphatic carboxylic acids is 1. The Balaban J connectivity index is 2.38. The molecule has 0 fully saturated rings. The monoisotopic (exact) mass is 261 g/mol. The maximum Gasteiger partial charge on any atom is 0.305 e. The lowest BCUT2D eigenvalue weighted by atomic mass is 9.96. The lowest BCUT2D eigenvalue weighted by Crippen LogP contribution is -2.14. The summed E-state index contributed by atoms with van der Waals surface area (Å²) < 4.78 is 0. The first kappa shape index (κ1) is 13.5. The molecule has 0 aliphatic heterocycles. The van der Waals surface area contributed by atoms with Gasteiger partial charge >= 0.3 is 5.97 Å². The van der Waals surface area contributed by atoms with Crippen LogP contribution in [0.25, 0.3) is 11.0 Å². The minimum Gasteiger partial charge on any atom is -0.481 e. The SMILES string of the molecule is CC(C)(C)c1nc2ccc(C(N)CC(=O)O)cc2[nH]1. The standard InChI is InChI=1S/C14H19N3O2/c1-14(2,3)13-16-10-5-4-8(6-11(10)17-13)9(15)7-12(18)19/h4-6,9H,7,15H2,1-3H3,(H,16,17)(H,18,19). The number of carboxylic acids is 1. The maximum absolute atomic E-state index is 10.7. The molecule has 0 spiro atoms. The average Bonchev–Trinajstić information content (AvgIpc) is 2.69. The van der Waals surface area contributed by atoms with Crippen molar-refractivity contribution >= 4 is 17.0 Å². The molecule has 1 atom stereocenters. The number of hydrogen-bond acceptors (Lipinski definition) is 3. The zero-order chi connectivity index (χ0) is 14.2. The van der Waals surface area contributed by atoms with Crippen LogP contribution in [0, 0.1) is 0 Å². The van der Waals surface area contributed by atoms with E-state index in [0.29, 0.717) is 0 Å². The van der Waals surface area contributed by atoms with Crippen LogP contribution in [0.15, 0.2) is 18.2 Å². The maximum atomic E-state index is 10.7. The first-order valence-corrected chi connectivity index (χ1v) is 6.25. The highest BCUT2D eigenvalue weighted by Crippen LogP contribution is 2.24. The second kappa shape index (κ2) is 4.66. The Morgan fingerprint density at radius 1 is 1.47 bits per heavy atom. The van der Waals surface area contributed by atoms with E-state index in [1.165, 1.54) is 0 Å². The smallest absolute Gasteiger partial charge is 0.305 e. The molecule has 4 N–H and O–H groups in total. The third kappa shape index (κ3) is 2.93. The number of hydrogen-bond donors (Lipinski definition) is 3. The van der Waals surface area contributed by atoms with Crippen LogP contribution >= 0.6 is 0 Å². The lowest BCUT2D eigenvalue weighted by molar-refractivity contribution is -0.137. The van der Waals surface area contributed by atoms with Gasteiger partial charge in [-0.15, -0.1) is 0 Å². The molecule has 1 aromatic heterocycles. The van der Waals surface area contributed by atoms with Gasteiger partial charge in [-0.2, -0.15) is 0 Å². The molecule has 5 nitrogen and oxygen atoms in total. The van der Waals surface area contributed by atoms with E-state index >= 15 is 0 Å². The van der Waals surface area contributed by atoms with Crippen molar-refractivity contribution < 1.29 is 9.90 Å². The summed E-state index contributed by atoms with van der Waals surface area (Å²) in [5.74, 6) is 0.0130. The van der Waals surface area contributed by atoms with Crippen molar-refractivity contribution in [3.8, 4) is 0 Å². The van der Waals surface area contributed by atoms with Crippen LogP contribution < -0.4 is 5.73 Å². The van der Waals surface area contributed by atoms with Gasteiger partial charge in [-0.1, -0.05) is 26.8 Å². The van der Waals surface area contributed by atoms with Crippen molar-refractivity contribution in [2.24, 2.45) is 5.73 Å². The Hall–Kier alpha value is -1.88. The molecule has 0 aliphatic rings. The van der Waals surface area contributed by atoms with Crippen LogP contribution in [0.2, 0.25) is 0 Å². The van der Waals surface area contributed by atoms with Crippen LogP contribution in [0.5, 0.6) is 0 Å². The van der Waals surface area contributed by atoms with E-state index in [-0.39, 0.29) is 11.8 Å². The molecule has 2 aromatic rings. The largest absolute Gasteiger partial charge is 0.481 e. The summed E-state index contributed by atoms with van der Waals surface area (Å²) in [6, 6.07) is 5.09. The van der Waals surface area contributed by atoms with Crippen LogP contribution in [-0.2, 0) is 10.2 Å². The van der Waals surface area contributed by atoms with Crippen molar-refractivity contribution in [3.05, 3.63) is 29.6 Å². The zero-order valence-corrected chi connectivity index (χ0v) is 11.4. The van der Waals surface area contributed by atoms with E-state index in [0.717, 1.165) is 22.4 Å². The third-order valence-corrected chi connectivity index (χ3v) is 3.04. The number of imidazole rings is 1. The van der Waals surface area contributed by atoms with E-state index < -0.39 is 12.0 Å². The van der Waals surface area contributed by atoms with Gasteiger partial charge in [0.2, 0.25) is 0 Å². The van der Waals surface area contributed by atoms with E-state index in [1.54, 1.807) is 0 Å². The predicted octanol–water partition coefficient (Wildman–Crippen LogP) is 2.33. The van der Waals surface area contributed by atoms with Gasteiger partial charge in [0.25, 0.3) is 0 Å². The van der Waals surface area contributed by atoms with Crippen molar-refractivity contribution in [1.82, 2.24) is 9.97 Å². The Morgan fingerprint density at radius 2 is 2.16 bits per heavy atom. The minimum absolute atomic E-state index is 0.0532. The number of carboxylic acid groups (broad SMARTS) is 1. The van der Waals surface area contributed by atoms with Crippen molar-refractivity contribution in [2.45, 2.75) is 38.6 Å². The third-order valence-electron chi connectivity index (χ3n) is 3.04. The number of aromatic nitrogens is 2. The Kier molecular flexibility index (Phi) is 3.32. The highest BCUT2D eigenvalue weighted by molar-refractivity contribution is 5.76. The highest BCUT2D eigenvalue weighted by Gasteiger charge is 2.19. The number of H-pyrrole nitrogens is 1. The molecule has 0 saturated heterocycles. The molecule has 0 saturated carbocycles. The average molecular weight is 261 g/mol. The predicted molar refractivity (Wildman–Crippen MR) is 74.0 cm³/mol. The van der Waals surface area contributed by atoms with Gasteiger partial charge in [-0.3, -0.25) is 4.79 Å². The molecule has 1 aromatic carbocycles. The van der Waals surface area contributed by atoms with Gasteiger partial charge in [0.05, 0.1) is 17.5 Å². The van der Waals surface area contributed by atoms with Crippen molar-refractivity contribution in [3.63, 3.8) is 0 Å². The minimum atomic E-state index is -0.896. The molecule has 1 heterocycles. The van der Waals surface area contributed by atoms with E-state index in [2.05, 4.69) is 30.7 Å². The quantitative estimate of drug-likeness (QED) is 0.790. The summed E-state index contributed by atoms with van der Waals surface area (Å²) in [5, 5.41) is 8.77. The fourth-order valence-corrected chi connectivity index (χ4v) is 1.92. The molecular formula is C14H19N3O2. The highest BCUT2D eigenvalue weighted by atomic mass is 16.4. The Morgan fingerprint density at radius 3 is 2.74 bits per heavy atom. The van der Waals surface area contributed by atoms with Crippen molar-refractivity contribution in [2.75, 3.05) is 0 Å². The first-order valence-electron chi connectivity index (χ1n) is 6.25. The van der Waals surface area contributed by atoms with Crippen LogP contribution in [0.3, 0.4) is 0 Å². The summed E-state index contributed by atoms with van der Waals surface area (Å²) in [6.07, 6.45) is -0.0776. The Labute approximate surface area is 111 Å². The normalized spacial score (nSPS) is 13.7. The van der Waals surface area contributed by atoms with E-state index in [9.17, 15) is 4.79 Å². The summed E-state index contributed by atoms with van der Waals surface area (Å²) in [6.45, 7) is 6.26. The first-order chi connectivity index (χ1) is 8.77. The molecule has 1 unspecified atom stereocenters. The number of nitrogens with two attached hydrogens (primary N) is 1. The number of nitrogens with one attached hydrogen (secondary N) is 1. The number of carbonyl (C=O) groups is 1. The molecule has 5 heteroatoms. The molecule has 0 aliphatic carbocycles. The summed E-state index contributed by atoms with van der Waals surface area (Å²) in [5.41, 5.74) is 8.38. The Bertz CT molecular complexity index is 611. The molecule has 0 radical (unpaired) electrons. The topological polar surface area (TPSA) is 92.0 Å². The number of nitrogens with zero attached hydrogens (tertiary/aromatic N) is 1. The fourth-order valence-electron chi connectivity index (χ4n) is 1.92. The molecule has 2 rings (SSSR count). The number of fused-ring (bicyclic) bond motifs is 1. The molecule has 0 amide bonds. The van der Waals surface area contributed by atoms with Crippen LogP contribution in [-0.4, -0.2) is 21.0 Å². The summed E-state index contributed by atoms with van der Waals surface area (Å²) in [7, 11) is 0. The van der Waals surface area contributed by atoms with Gasteiger partial charge in [0, 0.05) is 11.5 Å². The fraction of sp³-hybridized carbons (Fsp3) is 0.429. The van der Waals surface area contributed by atoms with Gasteiger partial charge in [0.1, 0.15) is 5.82 Å². The van der Waals surface area contributed by atoms with E-state index in [1.807, 2.05) is 18.2 Å². The van der Waals surface area contributed by atoms with Crippen LogP contribution in [0.4, 0.5) is 0 Å². The van der Waals surface area contributed by atoms with Gasteiger partial charge in [-0.25, -0.2) is 4.98 Å². The number of benzene rings is 1. The molecular weight excluding hydrogens is 242 g/mol. The second-order valence-corrected chi connectivity index (χ2v) is 5.82. The van der Waals surface area contributed by atoms with Crippen molar-refractivity contribution in [1.29, 1.82) is 0 Å². The van der Waals surface area contributed by atoms with Gasteiger partial charge in [-0.05, 0) is 17.7 Å². The molecule has 19 heavy (non-hydrogen) atoms. The molecule has 0 bridgehead atoms. The number of rotatable bonds is 3. The second-order valence-electron chi connectivity index (χ2n) is 5.82. The number of aromatic amines is 1. The van der Waals surface area contributed by atoms with E-state index in [4.69, 9.17) is 10.8 Å². The lowest BCUT2D eigenvalue weighted by Gasteiger charge is -2.13. The van der Waals surface area contributed by atoms with Gasteiger partial charge < -0.3 is 15.8 Å². The molecule has 102 valence electrons. The van der Waals surface area contributed by atoms with Gasteiger partial charge in [0.15, 0.2) is 0 Å². The summed E-state index contributed by atoms with van der Waals surface area (Å²) in [4.78, 5) is 18.5. The van der Waals surface area contributed by atoms with Crippen LogP contribution in [0.1, 0.15) is 44.6 Å².